The van der Waals surface area contributed by atoms with Gasteiger partial charge in [0.15, 0.2) is 0 Å². The maximum atomic E-state index is 9.00. The molecule has 9 nitrogen and oxygen atoms in total. The minimum atomic E-state index is -0.833. The lowest BCUT2D eigenvalue weighted by Gasteiger charge is -1.86. The molecule has 0 rings (SSSR count). The van der Waals surface area contributed by atoms with Crippen molar-refractivity contribution in [3.05, 3.63) is 0 Å². The highest BCUT2D eigenvalue weighted by Gasteiger charge is 1.66. The molecule has 0 unspecified atom stereocenters. The third-order valence-corrected chi connectivity index (χ3v) is 0.408. The lowest BCUT2D eigenvalue weighted by atomic mass is 10.8. The smallest absolute Gasteiger partial charge is 0.300 e. The van der Waals surface area contributed by atoms with E-state index < -0.39 is 23.9 Å². The van der Waals surface area contributed by atoms with E-state index in [1.165, 1.54) is 0 Å². The minimum absolute atomic E-state index is 0.833. The molecule has 0 aliphatic rings. The van der Waals surface area contributed by atoms with E-state index >= 15 is 0 Å². The second kappa shape index (κ2) is 30.7. The molecule has 9 heteroatoms. The molecule has 21 heavy (non-hydrogen) atoms. The summed E-state index contributed by atoms with van der Waals surface area (Å²) in [6.07, 6.45) is 0. The van der Waals surface area contributed by atoms with Crippen molar-refractivity contribution in [1.82, 2.24) is 0 Å². The molecule has 128 valence electrons. The number of carbonyl (C=O) groups is 4. The van der Waals surface area contributed by atoms with Crippen LogP contribution in [0, 0.1) is 0 Å². The zero-order valence-corrected chi connectivity index (χ0v) is 13.2. The quantitative estimate of drug-likeness (QED) is 0.590. The fraction of sp³-hybridized carbons (Fsp3) is 0.667. The van der Waals surface area contributed by atoms with Crippen LogP contribution in [0.1, 0.15) is 41.5 Å². The zero-order valence-electron chi connectivity index (χ0n) is 13.2. The summed E-state index contributed by atoms with van der Waals surface area (Å²) in [4.78, 5) is 36.0. The van der Waals surface area contributed by atoms with Gasteiger partial charge < -0.3 is 25.2 Å². The Bertz CT molecular complexity index is 195. The van der Waals surface area contributed by atoms with Crippen molar-refractivity contribution >= 4 is 23.9 Å². The van der Waals surface area contributed by atoms with Crippen molar-refractivity contribution in [2.75, 3.05) is 13.2 Å². The second-order valence-corrected chi connectivity index (χ2v) is 2.86. The predicted octanol–water partition coefficient (Wildman–Crippen LogP) is 1.41. The van der Waals surface area contributed by atoms with Crippen molar-refractivity contribution in [2.24, 2.45) is 0 Å². The molecular weight excluding hydrogens is 288 g/mol. The molecule has 0 heterocycles. The summed E-state index contributed by atoms with van der Waals surface area (Å²) in [5.74, 6) is -3.33. The maximum absolute atomic E-state index is 9.00. The average molecular weight is 314 g/mol. The van der Waals surface area contributed by atoms with Crippen molar-refractivity contribution in [1.29, 1.82) is 0 Å². The van der Waals surface area contributed by atoms with Crippen LogP contribution in [0.4, 0.5) is 0 Å². The number of carboxylic acids is 4. The molecule has 0 aliphatic carbocycles. The number of aliphatic carboxylic acids is 4. The minimum Gasteiger partial charge on any atom is -0.481 e. The molecule has 0 aromatic heterocycles. The molecule has 0 amide bonds. The number of hydrogen-bond donors (Lipinski definition) is 4. The Morgan fingerprint density at radius 1 is 0.619 bits per heavy atom. The number of ether oxygens (including phenoxy) is 1. The Morgan fingerprint density at radius 2 is 0.714 bits per heavy atom. The standard InChI is InChI=1S/C4H10O.4C2H4O2/c1-3-5-4-2;4*1-2(3)4/h3-4H2,1-2H3;4*1H3,(H,3,4). The van der Waals surface area contributed by atoms with Gasteiger partial charge in [-0.05, 0) is 13.8 Å². The largest absolute Gasteiger partial charge is 0.481 e. The lowest BCUT2D eigenvalue weighted by molar-refractivity contribution is -0.135. The van der Waals surface area contributed by atoms with Crippen molar-refractivity contribution in [3.8, 4) is 0 Å². The molecule has 0 bridgehead atoms. The van der Waals surface area contributed by atoms with E-state index in [0.717, 1.165) is 40.9 Å². The lowest BCUT2D eigenvalue weighted by Crippen LogP contribution is -1.84. The van der Waals surface area contributed by atoms with Crippen LogP contribution in [-0.4, -0.2) is 57.5 Å². The summed E-state index contributed by atoms with van der Waals surface area (Å²) < 4.78 is 4.83. The number of carboxylic acid groups (broad SMARTS) is 4. The van der Waals surface area contributed by atoms with Crippen LogP contribution >= 0.6 is 0 Å². The third kappa shape index (κ3) is 175000. The normalized spacial score (nSPS) is 6.76. The molecule has 0 atom stereocenters. The highest BCUT2D eigenvalue weighted by Crippen LogP contribution is 1.64. The monoisotopic (exact) mass is 314 g/mol. The van der Waals surface area contributed by atoms with Crippen LogP contribution in [0.25, 0.3) is 0 Å². The number of hydrogen-bond acceptors (Lipinski definition) is 5. The van der Waals surface area contributed by atoms with Crippen LogP contribution in [0.3, 0.4) is 0 Å². The van der Waals surface area contributed by atoms with Gasteiger partial charge in [0.2, 0.25) is 0 Å². The summed E-state index contributed by atoms with van der Waals surface area (Å²) in [6, 6.07) is 0. The van der Waals surface area contributed by atoms with Gasteiger partial charge in [0.1, 0.15) is 0 Å². The first kappa shape index (κ1) is 31.3. The first-order chi connectivity index (χ1) is 9.34. The molecule has 0 saturated heterocycles. The molecule has 0 aliphatic heterocycles. The molecule has 0 spiro atoms. The van der Waals surface area contributed by atoms with Gasteiger partial charge >= 0.3 is 0 Å². The maximum Gasteiger partial charge on any atom is 0.300 e. The van der Waals surface area contributed by atoms with E-state index in [2.05, 4.69) is 0 Å². The highest BCUT2D eigenvalue weighted by molar-refractivity contribution is 5.63. The number of rotatable bonds is 2. The van der Waals surface area contributed by atoms with E-state index in [9.17, 15) is 0 Å². The molecule has 0 aromatic carbocycles. The Kier molecular flexibility index (Phi) is 45.7. The van der Waals surface area contributed by atoms with Crippen molar-refractivity contribution in [3.63, 3.8) is 0 Å². The summed E-state index contributed by atoms with van der Waals surface area (Å²) in [5.41, 5.74) is 0. The van der Waals surface area contributed by atoms with Crippen molar-refractivity contribution in [2.45, 2.75) is 41.5 Å². The zero-order chi connectivity index (χ0) is 18.4. The van der Waals surface area contributed by atoms with Crippen LogP contribution < -0.4 is 0 Å². The average Bonchev–Trinajstić information content (AvgIpc) is 2.14. The van der Waals surface area contributed by atoms with E-state index in [1.807, 2.05) is 13.8 Å². The second-order valence-electron chi connectivity index (χ2n) is 2.86. The molecular formula is C12H26O9. The van der Waals surface area contributed by atoms with E-state index in [0.29, 0.717) is 0 Å². The first-order valence-corrected chi connectivity index (χ1v) is 5.70. The van der Waals surface area contributed by atoms with E-state index in [1.54, 1.807) is 0 Å². The van der Waals surface area contributed by atoms with Gasteiger partial charge in [0, 0.05) is 40.9 Å². The molecule has 0 fully saturated rings. The SMILES string of the molecule is CC(=O)O.CC(=O)O.CC(=O)O.CC(=O)O.CCOCC. The summed E-state index contributed by atoms with van der Waals surface area (Å²) in [7, 11) is 0. The van der Waals surface area contributed by atoms with Gasteiger partial charge in [0.05, 0.1) is 0 Å². The topological polar surface area (TPSA) is 158 Å². The van der Waals surface area contributed by atoms with Crippen molar-refractivity contribution < 1.29 is 44.3 Å². The molecule has 0 saturated carbocycles. The van der Waals surface area contributed by atoms with Gasteiger partial charge in [-0.25, -0.2) is 0 Å². The first-order valence-electron chi connectivity index (χ1n) is 5.70. The Labute approximate surface area is 124 Å². The highest BCUT2D eigenvalue weighted by atomic mass is 16.5. The Morgan fingerprint density at radius 3 is 0.714 bits per heavy atom. The fourth-order valence-corrected chi connectivity index (χ4v) is 0.204. The van der Waals surface area contributed by atoms with Gasteiger partial charge in [-0.15, -0.1) is 0 Å². The van der Waals surface area contributed by atoms with E-state index in [-0.39, 0.29) is 0 Å². The van der Waals surface area contributed by atoms with Crippen LogP contribution in [0.2, 0.25) is 0 Å². The summed E-state index contributed by atoms with van der Waals surface area (Å²) in [6.45, 7) is 10.0. The molecule has 0 aromatic rings. The summed E-state index contributed by atoms with van der Waals surface area (Å²) >= 11 is 0. The third-order valence-electron chi connectivity index (χ3n) is 0.408. The fourth-order valence-electron chi connectivity index (χ4n) is 0.204. The van der Waals surface area contributed by atoms with Crippen LogP contribution in [0.5, 0.6) is 0 Å². The Balaban J connectivity index is -0.0000000510. The van der Waals surface area contributed by atoms with Gasteiger partial charge in [-0.3, -0.25) is 19.2 Å². The molecule has 4 N–H and O–H groups in total. The van der Waals surface area contributed by atoms with Crippen LogP contribution in [0.15, 0.2) is 0 Å². The predicted molar refractivity (Wildman–Crippen MR) is 75.4 cm³/mol. The van der Waals surface area contributed by atoms with Gasteiger partial charge in [0.25, 0.3) is 23.9 Å². The van der Waals surface area contributed by atoms with Gasteiger partial charge in [-0.2, -0.15) is 0 Å². The van der Waals surface area contributed by atoms with Gasteiger partial charge in [-0.1, -0.05) is 0 Å². The molecule has 0 radical (unpaired) electrons. The van der Waals surface area contributed by atoms with Crippen LogP contribution in [-0.2, 0) is 23.9 Å². The summed E-state index contributed by atoms with van der Waals surface area (Å²) in [5, 5.41) is 29.7. The van der Waals surface area contributed by atoms with E-state index in [4.69, 9.17) is 44.3 Å². The Hall–Kier alpha value is -2.16.